The second-order valence-corrected chi connectivity index (χ2v) is 6.74. The molecule has 0 spiro atoms. The maximum Gasteiger partial charge on any atom is 0.234 e. The lowest BCUT2D eigenvalue weighted by molar-refractivity contribution is -0.122. The topological polar surface area (TPSA) is 50.8 Å². The largest absolute Gasteiger partial charge is 0.454 e. The molecule has 0 aliphatic carbocycles. The van der Waals surface area contributed by atoms with Crippen molar-refractivity contribution in [1.29, 1.82) is 0 Å². The highest BCUT2D eigenvalue weighted by Gasteiger charge is 2.15. The van der Waals surface area contributed by atoms with Crippen molar-refractivity contribution >= 4 is 5.91 Å². The van der Waals surface area contributed by atoms with Gasteiger partial charge < -0.3 is 14.8 Å². The van der Waals surface area contributed by atoms with Crippen molar-refractivity contribution in [3.63, 3.8) is 0 Å². The van der Waals surface area contributed by atoms with Gasteiger partial charge in [0.05, 0.1) is 12.6 Å². The second-order valence-electron chi connectivity index (χ2n) is 6.74. The molecular formula is C21H26N2O3. The van der Waals surface area contributed by atoms with Gasteiger partial charge in [-0.25, -0.2) is 0 Å². The van der Waals surface area contributed by atoms with Gasteiger partial charge in [0.1, 0.15) is 0 Å². The van der Waals surface area contributed by atoms with E-state index in [1.54, 1.807) is 0 Å². The summed E-state index contributed by atoms with van der Waals surface area (Å²) < 4.78 is 10.7. The summed E-state index contributed by atoms with van der Waals surface area (Å²) in [6, 6.07) is 14.3. The molecule has 1 aliphatic rings. The van der Waals surface area contributed by atoms with Gasteiger partial charge in [0.2, 0.25) is 12.7 Å². The molecular weight excluding hydrogens is 328 g/mol. The molecule has 2 aromatic carbocycles. The Balaban J connectivity index is 1.50. The number of amides is 1. The number of fused-ring (bicyclic) bond motifs is 1. The second kappa shape index (κ2) is 8.23. The van der Waals surface area contributed by atoms with Gasteiger partial charge in [-0.05, 0) is 49.2 Å². The number of hydrogen-bond donors (Lipinski definition) is 1. The predicted octanol–water partition coefficient (Wildman–Crippen LogP) is 3.29. The average molecular weight is 354 g/mol. The Morgan fingerprint density at radius 3 is 2.54 bits per heavy atom. The van der Waals surface area contributed by atoms with E-state index in [0.29, 0.717) is 13.1 Å². The van der Waals surface area contributed by atoms with Crippen LogP contribution in [0.3, 0.4) is 0 Å². The quantitative estimate of drug-likeness (QED) is 0.829. The van der Waals surface area contributed by atoms with Gasteiger partial charge in [0.15, 0.2) is 11.5 Å². The fourth-order valence-corrected chi connectivity index (χ4v) is 3.06. The maximum atomic E-state index is 12.3. The predicted molar refractivity (Wildman–Crippen MR) is 101 cm³/mol. The third-order valence-corrected chi connectivity index (χ3v) is 4.57. The molecule has 0 saturated heterocycles. The molecule has 0 fully saturated rings. The molecule has 0 bridgehead atoms. The highest BCUT2D eigenvalue weighted by Crippen LogP contribution is 2.32. The summed E-state index contributed by atoms with van der Waals surface area (Å²) in [6.07, 6.45) is 1.02. The summed E-state index contributed by atoms with van der Waals surface area (Å²) in [6.45, 7) is 5.43. The lowest BCUT2D eigenvalue weighted by Gasteiger charge is -2.19. The fourth-order valence-electron chi connectivity index (χ4n) is 3.06. The molecule has 1 N–H and O–H groups in total. The van der Waals surface area contributed by atoms with E-state index in [9.17, 15) is 4.79 Å². The summed E-state index contributed by atoms with van der Waals surface area (Å²) in [5, 5.41) is 3.07. The first-order valence-corrected chi connectivity index (χ1v) is 9.00. The highest BCUT2D eigenvalue weighted by atomic mass is 16.7. The minimum absolute atomic E-state index is 0.00708. The Morgan fingerprint density at radius 2 is 1.81 bits per heavy atom. The van der Waals surface area contributed by atoms with Crippen molar-refractivity contribution in [3.8, 4) is 11.5 Å². The van der Waals surface area contributed by atoms with Gasteiger partial charge in [0.25, 0.3) is 0 Å². The van der Waals surface area contributed by atoms with Crippen LogP contribution in [0.25, 0.3) is 0 Å². The Morgan fingerprint density at radius 1 is 1.12 bits per heavy atom. The van der Waals surface area contributed by atoms with Gasteiger partial charge in [-0.3, -0.25) is 9.69 Å². The summed E-state index contributed by atoms with van der Waals surface area (Å²) in [5.74, 6) is 1.56. The number of aryl methyl sites for hydroxylation is 1. The monoisotopic (exact) mass is 354 g/mol. The summed E-state index contributed by atoms with van der Waals surface area (Å²) in [4.78, 5) is 14.3. The Bertz CT molecular complexity index is 758. The van der Waals surface area contributed by atoms with Crippen LogP contribution in [-0.4, -0.2) is 31.2 Å². The summed E-state index contributed by atoms with van der Waals surface area (Å²) >= 11 is 0. The molecule has 3 rings (SSSR count). The van der Waals surface area contributed by atoms with E-state index in [2.05, 4.69) is 36.5 Å². The number of nitrogens with zero attached hydrogens (tertiary/aromatic N) is 1. The van der Waals surface area contributed by atoms with Crippen LogP contribution in [0.4, 0.5) is 0 Å². The zero-order chi connectivity index (χ0) is 18.5. The normalized spacial score (nSPS) is 13.7. The van der Waals surface area contributed by atoms with E-state index in [1.165, 1.54) is 5.56 Å². The number of carbonyl (C=O) groups is 1. The van der Waals surface area contributed by atoms with Crippen LogP contribution < -0.4 is 14.8 Å². The van der Waals surface area contributed by atoms with Gasteiger partial charge in [0, 0.05) is 6.54 Å². The molecule has 138 valence electrons. The van der Waals surface area contributed by atoms with E-state index < -0.39 is 0 Å². The van der Waals surface area contributed by atoms with Gasteiger partial charge in [-0.15, -0.1) is 0 Å². The standard InChI is InChI=1S/C21H26N2O3/c1-4-16-5-8-18(9-6-16)15(2)22-21(24)13-23(3)12-17-7-10-19-20(11-17)26-14-25-19/h5-11,15H,4,12-14H2,1-3H3,(H,22,24). The van der Waals surface area contributed by atoms with E-state index in [0.717, 1.165) is 29.0 Å². The third kappa shape index (κ3) is 4.55. The number of ether oxygens (including phenoxy) is 2. The molecule has 1 amide bonds. The minimum Gasteiger partial charge on any atom is -0.454 e. The third-order valence-electron chi connectivity index (χ3n) is 4.57. The minimum atomic E-state index is -0.00708. The van der Waals surface area contributed by atoms with Crippen LogP contribution in [0.15, 0.2) is 42.5 Å². The van der Waals surface area contributed by atoms with E-state index in [1.807, 2.05) is 37.1 Å². The SMILES string of the molecule is CCc1ccc(C(C)NC(=O)CN(C)Cc2ccc3c(c2)OCO3)cc1. The van der Waals surface area contributed by atoms with Crippen molar-refractivity contribution < 1.29 is 14.3 Å². The smallest absolute Gasteiger partial charge is 0.234 e. The Labute approximate surface area is 154 Å². The average Bonchev–Trinajstić information content (AvgIpc) is 3.09. The van der Waals surface area contributed by atoms with Crippen LogP contribution >= 0.6 is 0 Å². The number of benzene rings is 2. The maximum absolute atomic E-state index is 12.3. The first kappa shape index (κ1) is 18.3. The molecule has 1 heterocycles. The van der Waals surface area contributed by atoms with Crippen LogP contribution in [0, 0.1) is 0 Å². The number of nitrogens with one attached hydrogen (secondary N) is 1. The lowest BCUT2D eigenvalue weighted by atomic mass is 10.1. The molecule has 2 aromatic rings. The zero-order valence-electron chi connectivity index (χ0n) is 15.6. The van der Waals surface area contributed by atoms with Crippen molar-refractivity contribution in [3.05, 3.63) is 59.2 Å². The van der Waals surface area contributed by atoms with Crippen molar-refractivity contribution in [2.75, 3.05) is 20.4 Å². The molecule has 26 heavy (non-hydrogen) atoms. The molecule has 5 nitrogen and oxygen atoms in total. The number of likely N-dealkylation sites (N-methyl/N-ethyl adjacent to an activating group) is 1. The zero-order valence-corrected chi connectivity index (χ0v) is 15.6. The molecule has 0 radical (unpaired) electrons. The number of rotatable bonds is 7. The molecule has 1 unspecified atom stereocenters. The van der Waals surface area contributed by atoms with Gasteiger partial charge in [-0.2, -0.15) is 0 Å². The lowest BCUT2D eigenvalue weighted by Crippen LogP contribution is -2.36. The van der Waals surface area contributed by atoms with Gasteiger partial charge in [-0.1, -0.05) is 37.3 Å². The summed E-state index contributed by atoms with van der Waals surface area (Å²) in [5.41, 5.74) is 3.51. The fraction of sp³-hybridized carbons (Fsp3) is 0.381. The van der Waals surface area contributed by atoms with E-state index in [4.69, 9.17) is 9.47 Å². The van der Waals surface area contributed by atoms with Crippen LogP contribution in [0.2, 0.25) is 0 Å². The van der Waals surface area contributed by atoms with Crippen molar-refractivity contribution in [2.24, 2.45) is 0 Å². The van der Waals surface area contributed by atoms with Gasteiger partial charge >= 0.3 is 0 Å². The molecule has 5 heteroatoms. The van der Waals surface area contributed by atoms with Crippen molar-refractivity contribution in [2.45, 2.75) is 32.9 Å². The van der Waals surface area contributed by atoms with E-state index >= 15 is 0 Å². The summed E-state index contributed by atoms with van der Waals surface area (Å²) in [7, 11) is 1.94. The number of hydrogen-bond acceptors (Lipinski definition) is 4. The molecule has 1 aliphatic heterocycles. The van der Waals surface area contributed by atoms with E-state index in [-0.39, 0.29) is 18.7 Å². The number of carbonyl (C=O) groups excluding carboxylic acids is 1. The van der Waals surface area contributed by atoms with Crippen molar-refractivity contribution in [1.82, 2.24) is 10.2 Å². The highest BCUT2D eigenvalue weighted by molar-refractivity contribution is 5.78. The Hall–Kier alpha value is -2.53. The first-order valence-electron chi connectivity index (χ1n) is 9.00. The van der Waals surface area contributed by atoms with Crippen LogP contribution in [0.5, 0.6) is 11.5 Å². The molecule has 1 atom stereocenters. The molecule has 0 aromatic heterocycles. The van der Waals surface area contributed by atoms with Crippen LogP contribution in [-0.2, 0) is 17.8 Å². The Kier molecular flexibility index (Phi) is 5.78. The first-order chi connectivity index (χ1) is 12.5. The van der Waals surface area contributed by atoms with Crippen LogP contribution in [0.1, 0.15) is 36.6 Å². The molecule has 0 saturated carbocycles.